The fourth-order valence-corrected chi connectivity index (χ4v) is 4.10. The Hall–Kier alpha value is -3.59. The van der Waals surface area contributed by atoms with Crippen LogP contribution in [0.3, 0.4) is 0 Å². The Morgan fingerprint density at radius 1 is 1.35 bits per heavy atom. The van der Waals surface area contributed by atoms with Crippen LogP contribution in [-0.4, -0.2) is 37.9 Å². The minimum atomic E-state index is -0.192. The first kappa shape index (κ1) is 19.4. The summed E-state index contributed by atoms with van der Waals surface area (Å²) in [7, 11) is 3.38. The van der Waals surface area contributed by atoms with Crippen LogP contribution in [0, 0.1) is 6.92 Å². The minimum absolute atomic E-state index is 0.0688. The number of rotatable bonds is 5. The molecule has 0 unspecified atom stereocenters. The fraction of sp³-hybridized carbons (Fsp3) is 0.318. The average Bonchev–Trinajstić information content (AvgIpc) is 3.46. The third-order valence-corrected chi connectivity index (χ3v) is 5.55. The topological polar surface area (TPSA) is 108 Å². The molecule has 0 spiro atoms. The number of nitrogens with zero attached hydrogens (tertiary/aromatic N) is 5. The second kappa shape index (κ2) is 7.59. The number of ether oxygens (including phenoxy) is 1. The molecule has 1 aliphatic carbocycles. The Morgan fingerprint density at radius 3 is 3.06 bits per heavy atom. The van der Waals surface area contributed by atoms with Crippen molar-refractivity contribution in [3.63, 3.8) is 0 Å². The van der Waals surface area contributed by atoms with Gasteiger partial charge in [-0.1, -0.05) is 17.3 Å². The number of hydrogen-bond donors (Lipinski definition) is 1. The lowest BCUT2D eigenvalue weighted by atomic mass is 10.0. The summed E-state index contributed by atoms with van der Waals surface area (Å²) < 4.78 is 11.9. The van der Waals surface area contributed by atoms with Crippen LogP contribution in [0.1, 0.15) is 45.5 Å². The van der Waals surface area contributed by atoms with Gasteiger partial charge in [0, 0.05) is 25.9 Å². The van der Waals surface area contributed by atoms with Gasteiger partial charge < -0.3 is 14.6 Å². The van der Waals surface area contributed by atoms with Gasteiger partial charge in [-0.15, -0.1) is 0 Å². The molecule has 1 aliphatic rings. The highest BCUT2D eigenvalue weighted by Crippen LogP contribution is 2.34. The van der Waals surface area contributed by atoms with Gasteiger partial charge in [0.25, 0.3) is 11.8 Å². The van der Waals surface area contributed by atoms with E-state index in [0.717, 1.165) is 34.9 Å². The Labute approximate surface area is 178 Å². The Kier molecular flexibility index (Phi) is 4.74. The van der Waals surface area contributed by atoms with Crippen molar-refractivity contribution in [2.24, 2.45) is 7.05 Å². The summed E-state index contributed by atoms with van der Waals surface area (Å²) in [6.07, 6.45) is 3.47. The van der Waals surface area contributed by atoms with E-state index in [0.29, 0.717) is 23.1 Å². The van der Waals surface area contributed by atoms with Crippen LogP contribution in [0.4, 0.5) is 0 Å². The van der Waals surface area contributed by atoms with E-state index < -0.39 is 0 Å². The van der Waals surface area contributed by atoms with Gasteiger partial charge in [0.2, 0.25) is 5.82 Å². The molecule has 0 fully saturated rings. The SMILES string of the molecule is COCc1nc(-c2ccc3c(c2)CC[C@H]3NC(=O)c2nn(C)c3ncc(C)cc23)no1. The zero-order valence-corrected chi connectivity index (χ0v) is 17.5. The number of nitrogens with one attached hydrogen (secondary N) is 1. The first-order valence-electron chi connectivity index (χ1n) is 10.1. The van der Waals surface area contributed by atoms with Crippen LogP contribution >= 0.6 is 0 Å². The zero-order valence-electron chi connectivity index (χ0n) is 17.5. The molecule has 3 heterocycles. The highest BCUT2D eigenvalue weighted by Gasteiger charge is 2.27. The monoisotopic (exact) mass is 418 g/mol. The summed E-state index contributed by atoms with van der Waals surface area (Å²) in [5.41, 5.74) is 5.24. The van der Waals surface area contributed by atoms with Crippen LogP contribution in [0.25, 0.3) is 22.4 Å². The molecule has 158 valence electrons. The van der Waals surface area contributed by atoms with E-state index in [-0.39, 0.29) is 18.6 Å². The number of pyridine rings is 1. The van der Waals surface area contributed by atoms with Crippen LogP contribution in [0.5, 0.6) is 0 Å². The quantitative estimate of drug-likeness (QED) is 0.531. The molecule has 0 bridgehead atoms. The number of methoxy groups -OCH3 is 1. The molecule has 0 radical (unpaired) electrons. The molecular weight excluding hydrogens is 396 g/mol. The van der Waals surface area contributed by atoms with Crippen LogP contribution in [0.2, 0.25) is 0 Å². The molecule has 1 atom stereocenters. The normalized spacial score (nSPS) is 15.4. The van der Waals surface area contributed by atoms with Crippen molar-refractivity contribution in [3.8, 4) is 11.4 Å². The maximum Gasteiger partial charge on any atom is 0.272 e. The number of amides is 1. The van der Waals surface area contributed by atoms with E-state index in [1.54, 1.807) is 25.0 Å². The van der Waals surface area contributed by atoms with E-state index in [1.807, 2.05) is 25.1 Å². The highest BCUT2D eigenvalue weighted by atomic mass is 16.5. The lowest BCUT2D eigenvalue weighted by Crippen LogP contribution is -2.27. The summed E-state index contributed by atoms with van der Waals surface area (Å²) in [5.74, 6) is 0.780. The van der Waals surface area contributed by atoms with Crippen molar-refractivity contribution in [1.82, 2.24) is 30.2 Å². The van der Waals surface area contributed by atoms with E-state index in [4.69, 9.17) is 9.26 Å². The van der Waals surface area contributed by atoms with Crippen LogP contribution in [-0.2, 0) is 24.8 Å². The molecule has 1 N–H and O–H groups in total. The largest absolute Gasteiger partial charge is 0.375 e. The standard InChI is InChI=1S/C22H22N6O3/c1-12-8-16-19(26-28(2)21(16)23-10-12)22(29)24-17-7-5-13-9-14(4-6-15(13)17)20-25-18(11-30-3)31-27-20/h4,6,8-10,17H,5,7,11H2,1-3H3,(H,24,29)/t17-/m1/s1. The smallest absolute Gasteiger partial charge is 0.272 e. The van der Waals surface area contributed by atoms with Crippen molar-refractivity contribution >= 4 is 16.9 Å². The van der Waals surface area contributed by atoms with Crippen molar-refractivity contribution < 1.29 is 14.1 Å². The molecule has 5 rings (SSSR count). The minimum Gasteiger partial charge on any atom is -0.375 e. The van der Waals surface area contributed by atoms with Crippen LogP contribution < -0.4 is 5.32 Å². The molecule has 9 nitrogen and oxygen atoms in total. The van der Waals surface area contributed by atoms with Gasteiger partial charge in [0.1, 0.15) is 6.61 Å². The summed E-state index contributed by atoms with van der Waals surface area (Å²) in [6.45, 7) is 2.23. The van der Waals surface area contributed by atoms with Gasteiger partial charge >= 0.3 is 0 Å². The summed E-state index contributed by atoms with van der Waals surface area (Å²) >= 11 is 0. The van der Waals surface area contributed by atoms with Gasteiger partial charge in [-0.2, -0.15) is 10.1 Å². The number of carbonyl (C=O) groups excluding carboxylic acids is 1. The second-order valence-corrected chi connectivity index (χ2v) is 7.78. The predicted octanol–water partition coefficient (Wildman–Crippen LogP) is 2.89. The Morgan fingerprint density at radius 2 is 2.23 bits per heavy atom. The van der Waals surface area contributed by atoms with Gasteiger partial charge in [-0.05, 0) is 48.6 Å². The van der Waals surface area contributed by atoms with Crippen LogP contribution in [0.15, 0.2) is 35.0 Å². The number of aromatic nitrogens is 5. The lowest BCUT2D eigenvalue weighted by Gasteiger charge is -2.13. The van der Waals surface area contributed by atoms with Crippen molar-refractivity contribution in [2.75, 3.05) is 7.11 Å². The zero-order chi connectivity index (χ0) is 21.5. The molecule has 0 saturated carbocycles. The second-order valence-electron chi connectivity index (χ2n) is 7.78. The maximum absolute atomic E-state index is 13.0. The molecular formula is C22H22N6O3. The van der Waals surface area contributed by atoms with E-state index in [9.17, 15) is 4.79 Å². The molecule has 1 aromatic carbocycles. The molecule has 1 amide bonds. The van der Waals surface area contributed by atoms with E-state index in [2.05, 4.69) is 31.6 Å². The number of aryl methyl sites for hydroxylation is 3. The maximum atomic E-state index is 13.0. The molecule has 3 aromatic heterocycles. The fourth-order valence-electron chi connectivity index (χ4n) is 4.10. The van der Waals surface area contributed by atoms with Gasteiger partial charge in [0.05, 0.1) is 11.4 Å². The predicted molar refractivity (Wildman–Crippen MR) is 112 cm³/mol. The third-order valence-electron chi connectivity index (χ3n) is 5.55. The van der Waals surface area contributed by atoms with E-state index >= 15 is 0 Å². The summed E-state index contributed by atoms with van der Waals surface area (Å²) in [4.78, 5) is 21.8. The molecule has 4 aromatic rings. The first-order chi connectivity index (χ1) is 15.0. The number of hydrogen-bond acceptors (Lipinski definition) is 7. The van der Waals surface area contributed by atoms with Crippen molar-refractivity contribution in [2.45, 2.75) is 32.4 Å². The summed E-state index contributed by atoms with van der Waals surface area (Å²) in [6, 6.07) is 7.92. The number of fused-ring (bicyclic) bond motifs is 2. The lowest BCUT2D eigenvalue weighted by molar-refractivity contribution is 0.0932. The van der Waals surface area contributed by atoms with Crippen molar-refractivity contribution in [3.05, 3.63) is 58.7 Å². The highest BCUT2D eigenvalue weighted by molar-refractivity contribution is 6.04. The molecule has 31 heavy (non-hydrogen) atoms. The Bertz CT molecular complexity index is 1290. The van der Waals surface area contributed by atoms with Gasteiger partial charge in [-0.3, -0.25) is 4.79 Å². The van der Waals surface area contributed by atoms with Crippen molar-refractivity contribution in [1.29, 1.82) is 0 Å². The van der Waals surface area contributed by atoms with E-state index in [1.165, 1.54) is 5.56 Å². The van der Waals surface area contributed by atoms with Gasteiger partial charge in [-0.25, -0.2) is 9.67 Å². The molecule has 0 saturated heterocycles. The number of benzene rings is 1. The average molecular weight is 418 g/mol. The molecule has 9 heteroatoms. The number of carbonyl (C=O) groups is 1. The first-order valence-corrected chi connectivity index (χ1v) is 10.1. The van der Waals surface area contributed by atoms with Gasteiger partial charge in [0.15, 0.2) is 11.3 Å². The Balaban J connectivity index is 1.38. The summed E-state index contributed by atoms with van der Waals surface area (Å²) in [5, 5.41) is 12.3. The molecule has 0 aliphatic heterocycles. The third kappa shape index (κ3) is 3.46.